The van der Waals surface area contributed by atoms with E-state index >= 15 is 0 Å². The number of carbonyl (C=O) groups excluding carboxylic acids is 2. The fourth-order valence-corrected chi connectivity index (χ4v) is 2.49. The fourth-order valence-electron chi connectivity index (χ4n) is 1.46. The number of imide groups is 1. The lowest BCUT2D eigenvalue weighted by atomic mass is 10.1. The Morgan fingerprint density at radius 1 is 1.25 bits per heavy atom. The fraction of sp³-hybridized carbons (Fsp3) is 0.273. The van der Waals surface area contributed by atoms with Gasteiger partial charge in [0.25, 0.3) is 0 Å². The molecule has 0 aromatic heterocycles. The minimum absolute atomic E-state index is 0.221. The highest BCUT2D eigenvalue weighted by atomic mass is 32.2. The van der Waals surface area contributed by atoms with Crippen molar-refractivity contribution >= 4 is 23.6 Å². The molecule has 16 heavy (non-hydrogen) atoms. The molecule has 1 atom stereocenters. The average molecular weight is 239 g/mol. The zero-order chi connectivity index (χ0) is 11.5. The van der Waals surface area contributed by atoms with Crippen molar-refractivity contribution in [1.29, 1.82) is 0 Å². The van der Waals surface area contributed by atoms with Gasteiger partial charge in [0.2, 0.25) is 11.8 Å². The molecule has 1 fully saturated rings. The summed E-state index contributed by atoms with van der Waals surface area (Å²) in [5, 5.41) is 2.03. The molecular weight excluding hydrogens is 229 g/mol. The van der Waals surface area contributed by atoms with Crippen molar-refractivity contribution in [2.24, 2.45) is 0 Å². The molecular formula is C11H10FNO2S. The van der Waals surface area contributed by atoms with E-state index in [0.717, 1.165) is 4.90 Å². The molecule has 2 rings (SSSR count). The molecule has 0 aliphatic carbocycles. The van der Waals surface area contributed by atoms with Crippen molar-refractivity contribution in [3.8, 4) is 0 Å². The van der Waals surface area contributed by atoms with Crippen LogP contribution in [-0.2, 0) is 9.59 Å². The molecule has 5 heteroatoms. The highest BCUT2D eigenvalue weighted by Crippen LogP contribution is 2.28. The molecule has 1 aliphatic heterocycles. The van der Waals surface area contributed by atoms with E-state index in [9.17, 15) is 14.0 Å². The first-order valence-corrected chi connectivity index (χ1v) is 5.79. The largest absolute Gasteiger partial charge is 0.295 e. The summed E-state index contributed by atoms with van der Waals surface area (Å²) >= 11 is 1.35. The average Bonchev–Trinajstić information content (AvgIpc) is 2.25. The first-order chi connectivity index (χ1) is 7.65. The summed E-state index contributed by atoms with van der Waals surface area (Å²) in [6.45, 7) is 0. The van der Waals surface area contributed by atoms with Crippen LogP contribution in [0.3, 0.4) is 0 Å². The van der Waals surface area contributed by atoms with E-state index < -0.39 is 0 Å². The Balaban J connectivity index is 2.02. The molecule has 84 valence electrons. The summed E-state index contributed by atoms with van der Waals surface area (Å²) < 4.78 is 12.7. The van der Waals surface area contributed by atoms with E-state index in [0.29, 0.717) is 12.8 Å². The van der Waals surface area contributed by atoms with Crippen molar-refractivity contribution in [3.05, 3.63) is 30.1 Å². The van der Waals surface area contributed by atoms with Gasteiger partial charge in [0.15, 0.2) is 0 Å². The number of piperidine rings is 1. The summed E-state index contributed by atoms with van der Waals surface area (Å²) in [5.74, 6) is -0.779. The van der Waals surface area contributed by atoms with Crippen LogP contribution >= 0.6 is 11.8 Å². The van der Waals surface area contributed by atoms with Crippen molar-refractivity contribution in [1.82, 2.24) is 5.32 Å². The lowest BCUT2D eigenvalue weighted by Gasteiger charge is -2.20. The predicted octanol–water partition coefficient (Wildman–Crippen LogP) is 1.72. The molecule has 0 unspecified atom stereocenters. The van der Waals surface area contributed by atoms with Crippen LogP contribution in [0, 0.1) is 5.82 Å². The summed E-state index contributed by atoms with van der Waals surface area (Å²) in [5.41, 5.74) is 0. The number of benzene rings is 1. The molecule has 1 aromatic carbocycles. The Hall–Kier alpha value is -1.36. The quantitative estimate of drug-likeness (QED) is 0.799. The number of hydrogen-bond acceptors (Lipinski definition) is 3. The maximum atomic E-state index is 12.7. The molecule has 1 aliphatic rings. The molecule has 2 amide bonds. The van der Waals surface area contributed by atoms with E-state index in [1.165, 1.54) is 23.9 Å². The van der Waals surface area contributed by atoms with Gasteiger partial charge in [-0.1, -0.05) is 0 Å². The van der Waals surface area contributed by atoms with Gasteiger partial charge in [-0.05, 0) is 30.7 Å². The van der Waals surface area contributed by atoms with E-state index in [1.54, 1.807) is 12.1 Å². The number of hydrogen-bond donors (Lipinski definition) is 1. The van der Waals surface area contributed by atoms with Crippen LogP contribution in [0.25, 0.3) is 0 Å². The van der Waals surface area contributed by atoms with Crippen LogP contribution in [0.4, 0.5) is 4.39 Å². The Bertz CT molecular complexity index is 418. The van der Waals surface area contributed by atoms with E-state index in [-0.39, 0.29) is 22.9 Å². The Morgan fingerprint density at radius 2 is 1.94 bits per heavy atom. The number of thioether (sulfide) groups is 1. The van der Waals surface area contributed by atoms with Gasteiger partial charge in [0.1, 0.15) is 5.82 Å². The predicted molar refractivity (Wildman–Crippen MR) is 58.4 cm³/mol. The topological polar surface area (TPSA) is 46.2 Å². The van der Waals surface area contributed by atoms with Gasteiger partial charge in [-0.25, -0.2) is 4.39 Å². The van der Waals surface area contributed by atoms with Gasteiger partial charge in [0.05, 0.1) is 5.25 Å². The number of nitrogens with one attached hydrogen (secondary N) is 1. The first-order valence-electron chi connectivity index (χ1n) is 4.91. The zero-order valence-electron chi connectivity index (χ0n) is 8.40. The summed E-state index contributed by atoms with van der Waals surface area (Å²) in [6, 6.07) is 5.97. The maximum Gasteiger partial charge on any atom is 0.240 e. The van der Waals surface area contributed by atoms with E-state index in [4.69, 9.17) is 0 Å². The second-order valence-electron chi connectivity index (χ2n) is 3.51. The van der Waals surface area contributed by atoms with Gasteiger partial charge in [-0.15, -0.1) is 11.8 Å². The summed E-state index contributed by atoms with van der Waals surface area (Å²) in [6.07, 6.45) is 0.900. The van der Waals surface area contributed by atoms with Crippen LogP contribution in [0.2, 0.25) is 0 Å². The van der Waals surface area contributed by atoms with E-state index in [2.05, 4.69) is 5.32 Å². The third-order valence-corrected chi connectivity index (χ3v) is 3.56. The molecule has 1 N–H and O–H groups in total. The molecule has 0 spiro atoms. The van der Waals surface area contributed by atoms with Crippen molar-refractivity contribution < 1.29 is 14.0 Å². The molecule has 3 nitrogen and oxygen atoms in total. The first kappa shape index (κ1) is 11.1. The standard InChI is InChI=1S/C11H10FNO2S/c12-7-1-3-8(4-2-7)16-9-5-6-10(14)13-11(9)15/h1-4,9H,5-6H2,(H,13,14,15)/t9-/m1/s1. The van der Waals surface area contributed by atoms with Gasteiger partial charge in [0, 0.05) is 11.3 Å². The minimum Gasteiger partial charge on any atom is -0.295 e. The van der Waals surface area contributed by atoms with Gasteiger partial charge >= 0.3 is 0 Å². The van der Waals surface area contributed by atoms with Crippen LogP contribution < -0.4 is 5.32 Å². The normalized spacial score (nSPS) is 20.7. The Labute approximate surface area is 96.4 Å². The SMILES string of the molecule is O=C1CC[C@@H](Sc2ccc(F)cc2)C(=O)N1. The van der Waals surface area contributed by atoms with Crippen LogP contribution in [0.5, 0.6) is 0 Å². The number of amides is 2. The maximum absolute atomic E-state index is 12.7. The van der Waals surface area contributed by atoms with Gasteiger partial charge < -0.3 is 0 Å². The third kappa shape index (κ3) is 2.61. The van der Waals surface area contributed by atoms with E-state index in [1.807, 2.05) is 0 Å². The number of carbonyl (C=O) groups is 2. The molecule has 1 aromatic rings. The molecule has 1 saturated heterocycles. The van der Waals surface area contributed by atoms with Crippen LogP contribution in [0.15, 0.2) is 29.2 Å². The minimum atomic E-state index is -0.298. The lowest BCUT2D eigenvalue weighted by Crippen LogP contribution is -2.42. The lowest BCUT2D eigenvalue weighted by molar-refractivity contribution is -0.132. The Morgan fingerprint density at radius 3 is 2.56 bits per heavy atom. The Kier molecular flexibility index (Phi) is 3.24. The van der Waals surface area contributed by atoms with Crippen molar-refractivity contribution in [2.45, 2.75) is 23.0 Å². The highest BCUT2D eigenvalue weighted by Gasteiger charge is 2.27. The van der Waals surface area contributed by atoms with Crippen LogP contribution in [-0.4, -0.2) is 17.1 Å². The third-order valence-electron chi connectivity index (χ3n) is 2.28. The smallest absolute Gasteiger partial charge is 0.240 e. The number of halogens is 1. The molecule has 0 radical (unpaired) electrons. The van der Waals surface area contributed by atoms with Gasteiger partial charge in [-0.3, -0.25) is 14.9 Å². The zero-order valence-corrected chi connectivity index (χ0v) is 9.22. The van der Waals surface area contributed by atoms with Crippen molar-refractivity contribution in [2.75, 3.05) is 0 Å². The monoisotopic (exact) mass is 239 g/mol. The summed E-state index contributed by atoms with van der Waals surface area (Å²) in [4.78, 5) is 23.2. The molecule has 0 bridgehead atoms. The second-order valence-corrected chi connectivity index (χ2v) is 4.79. The van der Waals surface area contributed by atoms with Gasteiger partial charge in [-0.2, -0.15) is 0 Å². The van der Waals surface area contributed by atoms with Crippen molar-refractivity contribution in [3.63, 3.8) is 0 Å². The highest BCUT2D eigenvalue weighted by molar-refractivity contribution is 8.00. The molecule has 1 heterocycles. The number of rotatable bonds is 2. The molecule has 0 saturated carbocycles. The van der Waals surface area contributed by atoms with Crippen LogP contribution in [0.1, 0.15) is 12.8 Å². The second kappa shape index (κ2) is 4.65. The summed E-state index contributed by atoms with van der Waals surface area (Å²) in [7, 11) is 0.